The second kappa shape index (κ2) is 5.02. The van der Waals surface area contributed by atoms with E-state index in [0.29, 0.717) is 12.5 Å². The van der Waals surface area contributed by atoms with E-state index >= 15 is 0 Å². The average Bonchev–Trinajstić information content (AvgIpc) is 2.91. The highest BCUT2D eigenvalue weighted by Gasteiger charge is 2.52. The van der Waals surface area contributed by atoms with Crippen LogP contribution in [-0.4, -0.2) is 18.9 Å². The van der Waals surface area contributed by atoms with Crippen molar-refractivity contribution in [1.29, 1.82) is 0 Å². The number of anilines is 1. The lowest BCUT2D eigenvalue weighted by Crippen LogP contribution is -2.33. The Morgan fingerprint density at radius 2 is 1.75 bits per heavy atom. The molecular weight excluding hydrogens is 252 g/mol. The molecule has 4 heteroatoms. The topological polar surface area (TPSA) is 49.4 Å². The number of hydrogen-bond donors (Lipinski definition) is 1. The van der Waals surface area contributed by atoms with Crippen LogP contribution in [0.15, 0.2) is 24.3 Å². The van der Waals surface area contributed by atoms with Gasteiger partial charge in [-0.15, -0.1) is 0 Å². The van der Waals surface area contributed by atoms with Gasteiger partial charge in [0.05, 0.1) is 17.5 Å². The number of carbonyl (C=O) groups excluding carboxylic acids is 2. The zero-order valence-corrected chi connectivity index (χ0v) is 11.9. The van der Waals surface area contributed by atoms with Crippen LogP contribution in [0.3, 0.4) is 0 Å². The average molecular weight is 272 g/mol. The zero-order chi connectivity index (χ0) is 14.3. The Kier molecular flexibility index (Phi) is 3.34. The molecule has 4 nitrogen and oxygen atoms in total. The third-order valence-electron chi connectivity index (χ3n) is 4.47. The summed E-state index contributed by atoms with van der Waals surface area (Å²) in [6.45, 7) is 2.77. The predicted molar refractivity (Wildman–Crippen MR) is 77.1 cm³/mol. The molecule has 2 amide bonds. The number of nitrogens with zero attached hydrogens (tertiary/aromatic N) is 1. The molecule has 1 heterocycles. The van der Waals surface area contributed by atoms with Gasteiger partial charge < -0.3 is 5.32 Å². The van der Waals surface area contributed by atoms with E-state index in [2.05, 4.69) is 12.2 Å². The van der Waals surface area contributed by atoms with Gasteiger partial charge in [-0.2, -0.15) is 0 Å². The number of imide groups is 1. The molecule has 0 aromatic heterocycles. The lowest BCUT2D eigenvalue weighted by atomic mass is 10.00. The Hall–Kier alpha value is -1.68. The zero-order valence-electron chi connectivity index (χ0n) is 11.9. The maximum atomic E-state index is 12.6. The largest absolute Gasteiger partial charge is 0.316 e. The van der Waals surface area contributed by atoms with Crippen LogP contribution in [0.5, 0.6) is 0 Å². The summed E-state index contributed by atoms with van der Waals surface area (Å²) in [6, 6.07) is 7.64. The third-order valence-corrected chi connectivity index (χ3v) is 4.47. The summed E-state index contributed by atoms with van der Waals surface area (Å²) in [5.41, 5.74) is 1.74. The van der Waals surface area contributed by atoms with Crippen molar-refractivity contribution in [2.45, 2.75) is 26.3 Å². The lowest BCUT2D eigenvalue weighted by molar-refractivity contribution is -0.123. The molecule has 0 spiro atoms. The van der Waals surface area contributed by atoms with Crippen molar-refractivity contribution in [3.8, 4) is 0 Å². The third kappa shape index (κ3) is 1.95. The molecule has 2 fully saturated rings. The van der Waals surface area contributed by atoms with Crippen molar-refractivity contribution in [1.82, 2.24) is 5.32 Å². The first-order valence-corrected chi connectivity index (χ1v) is 7.23. The fraction of sp³-hybridized carbons (Fsp3) is 0.500. The van der Waals surface area contributed by atoms with E-state index in [4.69, 9.17) is 0 Å². The van der Waals surface area contributed by atoms with Crippen LogP contribution in [0, 0.1) is 17.8 Å². The molecule has 0 bridgehead atoms. The number of nitrogens with one attached hydrogen (secondary N) is 1. The van der Waals surface area contributed by atoms with Crippen molar-refractivity contribution < 1.29 is 9.59 Å². The fourth-order valence-corrected chi connectivity index (χ4v) is 3.58. The van der Waals surface area contributed by atoms with Gasteiger partial charge in [-0.1, -0.05) is 25.1 Å². The highest BCUT2D eigenvalue weighted by molar-refractivity contribution is 6.22. The number of carbonyl (C=O) groups is 2. The van der Waals surface area contributed by atoms with E-state index in [1.54, 1.807) is 0 Å². The minimum Gasteiger partial charge on any atom is -0.316 e. The van der Waals surface area contributed by atoms with Gasteiger partial charge in [-0.25, -0.2) is 4.90 Å². The molecule has 2 atom stereocenters. The van der Waals surface area contributed by atoms with Gasteiger partial charge in [0.25, 0.3) is 0 Å². The molecule has 2 aliphatic rings. The molecule has 2 unspecified atom stereocenters. The highest BCUT2D eigenvalue weighted by atomic mass is 16.2. The number of hydrogen-bond acceptors (Lipinski definition) is 3. The van der Waals surface area contributed by atoms with Gasteiger partial charge in [-0.05, 0) is 37.4 Å². The minimum atomic E-state index is -0.0971. The molecule has 1 saturated carbocycles. The molecule has 106 valence electrons. The first-order valence-electron chi connectivity index (χ1n) is 7.23. The maximum absolute atomic E-state index is 12.6. The van der Waals surface area contributed by atoms with Gasteiger partial charge in [-0.3, -0.25) is 9.59 Å². The monoisotopic (exact) mass is 272 g/mol. The van der Waals surface area contributed by atoms with Crippen LogP contribution >= 0.6 is 0 Å². The number of fused-ring (bicyclic) bond motifs is 1. The molecule has 0 radical (unpaired) electrons. The van der Waals surface area contributed by atoms with E-state index < -0.39 is 0 Å². The van der Waals surface area contributed by atoms with Crippen LogP contribution < -0.4 is 10.2 Å². The van der Waals surface area contributed by atoms with Crippen LogP contribution in [-0.2, 0) is 16.1 Å². The van der Waals surface area contributed by atoms with Crippen molar-refractivity contribution in [3.63, 3.8) is 0 Å². The first kappa shape index (κ1) is 13.3. The van der Waals surface area contributed by atoms with E-state index in [9.17, 15) is 9.59 Å². The van der Waals surface area contributed by atoms with Crippen LogP contribution in [0.4, 0.5) is 5.69 Å². The number of amides is 2. The first-order chi connectivity index (χ1) is 9.63. The molecule has 1 aromatic carbocycles. The van der Waals surface area contributed by atoms with Crippen LogP contribution in [0.2, 0.25) is 0 Å². The van der Waals surface area contributed by atoms with Crippen molar-refractivity contribution in [2.24, 2.45) is 17.8 Å². The standard InChI is InChI=1S/C16H20N2O2/c1-10-7-12-13(8-10)16(20)18(15(12)19)14-6-4-3-5-11(14)9-17-2/h3-6,10,12-13,17H,7-9H2,1-2H3. The fourth-order valence-electron chi connectivity index (χ4n) is 3.58. The lowest BCUT2D eigenvalue weighted by Gasteiger charge is -2.20. The van der Waals surface area contributed by atoms with E-state index in [1.165, 1.54) is 4.90 Å². The Morgan fingerprint density at radius 3 is 2.35 bits per heavy atom. The maximum Gasteiger partial charge on any atom is 0.237 e. The molecule has 1 aliphatic carbocycles. The smallest absolute Gasteiger partial charge is 0.237 e. The highest BCUT2D eigenvalue weighted by Crippen LogP contribution is 2.44. The molecule has 1 N–H and O–H groups in total. The quantitative estimate of drug-likeness (QED) is 0.856. The van der Waals surface area contributed by atoms with E-state index in [0.717, 1.165) is 24.1 Å². The molecule has 1 saturated heterocycles. The number of benzene rings is 1. The Balaban J connectivity index is 1.96. The predicted octanol–water partition coefficient (Wildman–Crippen LogP) is 1.94. The molecule has 20 heavy (non-hydrogen) atoms. The minimum absolute atomic E-state index is 0.00657. The SMILES string of the molecule is CNCc1ccccc1N1C(=O)C2CC(C)CC2C1=O. The van der Waals surface area contributed by atoms with Gasteiger partial charge in [0.15, 0.2) is 0 Å². The molecule has 1 aromatic rings. The van der Waals surface area contributed by atoms with Crippen LogP contribution in [0.1, 0.15) is 25.3 Å². The van der Waals surface area contributed by atoms with Crippen LogP contribution in [0.25, 0.3) is 0 Å². The number of rotatable bonds is 3. The Bertz CT molecular complexity index is 531. The van der Waals surface area contributed by atoms with Gasteiger partial charge in [0.1, 0.15) is 0 Å². The van der Waals surface area contributed by atoms with Gasteiger partial charge in [0.2, 0.25) is 11.8 Å². The summed E-state index contributed by atoms with van der Waals surface area (Å²) in [5, 5.41) is 3.09. The van der Waals surface area contributed by atoms with E-state index in [1.807, 2.05) is 31.3 Å². The summed E-state index contributed by atoms with van der Waals surface area (Å²) >= 11 is 0. The molecular formula is C16H20N2O2. The van der Waals surface area contributed by atoms with Gasteiger partial charge >= 0.3 is 0 Å². The second-order valence-electron chi connectivity index (χ2n) is 5.96. The van der Waals surface area contributed by atoms with Gasteiger partial charge in [0, 0.05) is 6.54 Å². The van der Waals surface area contributed by atoms with E-state index in [-0.39, 0.29) is 23.7 Å². The van der Waals surface area contributed by atoms with Crippen molar-refractivity contribution in [2.75, 3.05) is 11.9 Å². The summed E-state index contributed by atoms with van der Waals surface area (Å²) in [7, 11) is 1.86. The number of para-hydroxylation sites is 1. The summed E-state index contributed by atoms with van der Waals surface area (Å²) in [5.74, 6) is 0.272. The van der Waals surface area contributed by atoms with Crippen molar-refractivity contribution >= 4 is 17.5 Å². The summed E-state index contributed by atoms with van der Waals surface area (Å²) < 4.78 is 0. The molecule has 1 aliphatic heterocycles. The Labute approximate surface area is 119 Å². The summed E-state index contributed by atoms with van der Waals surface area (Å²) in [4.78, 5) is 26.6. The normalized spacial score (nSPS) is 29.1. The second-order valence-corrected chi connectivity index (χ2v) is 5.96. The molecule has 3 rings (SSSR count). The van der Waals surface area contributed by atoms with Crippen molar-refractivity contribution in [3.05, 3.63) is 29.8 Å². The Morgan fingerprint density at radius 1 is 1.15 bits per heavy atom. The summed E-state index contributed by atoms with van der Waals surface area (Å²) in [6.07, 6.45) is 1.69.